The van der Waals surface area contributed by atoms with E-state index < -0.39 is 17.2 Å². The first-order valence-electron chi connectivity index (χ1n) is 6.01. The molecule has 1 aromatic carbocycles. The number of terminal acetylenes is 1. The SMILES string of the molecule is C#CCn1cc(C(=O)OCC)c(=O)c2ccc(F)cc21. The van der Waals surface area contributed by atoms with Gasteiger partial charge in [-0.25, -0.2) is 9.18 Å². The zero-order chi connectivity index (χ0) is 14.7. The molecule has 0 spiro atoms. The summed E-state index contributed by atoms with van der Waals surface area (Å²) in [6, 6.07) is 3.71. The van der Waals surface area contributed by atoms with Crippen LogP contribution in [0.25, 0.3) is 10.9 Å². The standard InChI is InChI=1S/C15H12FNO3/c1-3-7-17-9-12(15(19)20-4-2)14(18)11-6-5-10(16)8-13(11)17/h1,5-6,8-9H,4,7H2,2H3. The van der Waals surface area contributed by atoms with Crippen molar-refractivity contribution in [3.8, 4) is 12.3 Å². The zero-order valence-electron chi connectivity index (χ0n) is 10.9. The molecule has 0 aliphatic rings. The lowest BCUT2D eigenvalue weighted by Gasteiger charge is -2.10. The smallest absolute Gasteiger partial charge is 0.343 e. The van der Waals surface area contributed by atoms with Crippen LogP contribution >= 0.6 is 0 Å². The fraction of sp³-hybridized carbons (Fsp3) is 0.200. The quantitative estimate of drug-likeness (QED) is 0.634. The number of fused-ring (bicyclic) bond motifs is 1. The molecule has 1 heterocycles. The second-order valence-electron chi connectivity index (χ2n) is 4.09. The predicted molar refractivity (Wildman–Crippen MR) is 73.0 cm³/mol. The molecule has 0 aliphatic carbocycles. The number of ether oxygens (including phenoxy) is 1. The highest BCUT2D eigenvalue weighted by Crippen LogP contribution is 2.14. The number of aromatic nitrogens is 1. The van der Waals surface area contributed by atoms with Crippen LogP contribution in [0.5, 0.6) is 0 Å². The van der Waals surface area contributed by atoms with E-state index in [1.165, 1.54) is 29.0 Å². The number of benzene rings is 1. The number of esters is 1. The van der Waals surface area contributed by atoms with Gasteiger partial charge in [-0.2, -0.15) is 0 Å². The molecule has 1 aromatic heterocycles. The number of hydrogen-bond donors (Lipinski definition) is 0. The monoisotopic (exact) mass is 273 g/mol. The lowest BCUT2D eigenvalue weighted by molar-refractivity contribution is 0.0524. The minimum absolute atomic E-state index is 0.110. The van der Waals surface area contributed by atoms with Crippen LogP contribution in [0.3, 0.4) is 0 Å². The Labute approximate surface area is 114 Å². The summed E-state index contributed by atoms with van der Waals surface area (Å²) in [5.41, 5.74) is -0.256. The number of rotatable bonds is 3. The molecule has 0 N–H and O–H groups in total. The van der Waals surface area contributed by atoms with Crippen molar-refractivity contribution in [2.24, 2.45) is 0 Å². The molecule has 20 heavy (non-hydrogen) atoms. The van der Waals surface area contributed by atoms with Crippen molar-refractivity contribution in [3.63, 3.8) is 0 Å². The van der Waals surface area contributed by atoms with Crippen LogP contribution in [-0.2, 0) is 11.3 Å². The van der Waals surface area contributed by atoms with Crippen molar-refractivity contribution in [1.29, 1.82) is 0 Å². The summed E-state index contributed by atoms with van der Waals surface area (Å²) in [5, 5.41) is 0.229. The molecule has 0 saturated carbocycles. The van der Waals surface area contributed by atoms with Crippen molar-refractivity contribution in [2.45, 2.75) is 13.5 Å². The van der Waals surface area contributed by atoms with Gasteiger partial charge in [0.05, 0.1) is 18.7 Å². The number of pyridine rings is 1. The fourth-order valence-corrected chi connectivity index (χ4v) is 1.95. The molecule has 102 valence electrons. The molecule has 0 unspecified atom stereocenters. The Balaban J connectivity index is 2.77. The molecule has 0 atom stereocenters. The van der Waals surface area contributed by atoms with Gasteiger partial charge < -0.3 is 9.30 Å². The van der Waals surface area contributed by atoms with Gasteiger partial charge in [0.15, 0.2) is 0 Å². The first kappa shape index (κ1) is 13.8. The van der Waals surface area contributed by atoms with Gasteiger partial charge >= 0.3 is 5.97 Å². The van der Waals surface area contributed by atoms with E-state index >= 15 is 0 Å². The van der Waals surface area contributed by atoms with Crippen molar-refractivity contribution in [1.82, 2.24) is 4.57 Å². The van der Waals surface area contributed by atoms with E-state index in [-0.39, 0.29) is 24.1 Å². The Morgan fingerprint density at radius 1 is 1.50 bits per heavy atom. The number of carbonyl (C=O) groups excluding carboxylic acids is 1. The van der Waals surface area contributed by atoms with Crippen molar-refractivity contribution in [3.05, 3.63) is 46.0 Å². The van der Waals surface area contributed by atoms with Gasteiger partial charge in [0.1, 0.15) is 11.4 Å². The molecular formula is C15H12FNO3. The third kappa shape index (κ3) is 2.41. The van der Waals surface area contributed by atoms with Crippen LogP contribution < -0.4 is 5.43 Å². The highest BCUT2D eigenvalue weighted by atomic mass is 19.1. The summed E-state index contributed by atoms with van der Waals surface area (Å²) >= 11 is 0. The number of carbonyl (C=O) groups is 1. The van der Waals surface area contributed by atoms with Crippen molar-refractivity contribution >= 4 is 16.9 Å². The zero-order valence-corrected chi connectivity index (χ0v) is 10.9. The van der Waals surface area contributed by atoms with Crippen molar-refractivity contribution in [2.75, 3.05) is 6.61 Å². The summed E-state index contributed by atoms with van der Waals surface area (Å²) in [6.07, 6.45) is 6.56. The summed E-state index contributed by atoms with van der Waals surface area (Å²) < 4.78 is 19.6. The molecule has 0 bridgehead atoms. The van der Waals surface area contributed by atoms with Gasteiger partial charge in [-0.15, -0.1) is 6.42 Å². The van der Waals surface area contributed by atoms with Crippen molar-refractivity contribution < 1.29 is 13.9 Å². The third-order valence-electron chi connectivity index (χ3n) is 2.80. The molecule has 2 aromatic rings. The fourth-order valence-electron chi connectivity index (χ4n) is 1.95. The van der Waals surface area contributed by atoms with Gasteiger partial charge in [-0.05, 0) is 25.1 Å². The normalized spacial score (nSPS) is 10.2. The first-order chi connectivity index (χ1) is 9.58. The molecule has 0 saturated heterocycles. The van der Waals surface area contributed by atoms with Crippen LogP contribution in [0.1, 0.15) is 17.3 Å². The predicted octanol–water partition coefficient (Wildman–Crippen LogP) is 1.95. The van der Waals surface area contributed by atoms with E-state index in [2.05, 4.69) is 5.92 Å². The lowest BCUT2D eigenvalue weighted by Crippen LogP contribution is -2.21. The van der Waals surface area contributed by atoms with E-state index in [9.17, 15) is 14.0 Å². The molecule has 0 amide bonds. The van der Waals surface area contributed by atoms with Gasteiger partial charge in [0.2, 0.25) is 5.43 Å². The Morgan fingerprint density at radius 3 is 2.90 bits per heavy atom. The molecule has 5 heteroatoms. The van der Waals surface area contributed by atoms with E-state index in [0.717, 1.165) is 0 Å². The highest BCUT2D eigenvalue weighted by Gasteiger charge is 2.16. The molecule has 0 fully saturated rings. The average Bonchev–Trinajstić information content (AvgIpc) is 2.42. The number of hydrogen-bond acceptors (Lipinski definition) is 3. The molecule has 0 aliphatic heterocycles. The van der Waals surface area contributed by atoms with Crippen LogP contribution in [0.15, 0.2) is 29.2 Å². The summed E-state index contributed by atoms with van der Waals surface area (Å²) in [4.78, 5) is 24.0. The third-order valence-corrected chi connectivity index (χ3v) is 2.80. The summed E-state index contributed by atoms with van der Waals surface area (Å²) in [7, 11) is 0. The molecule has 4 nitrogen and oxygen atoms in total. The van der Waals surface area contributed by atoms with Gasteiger partial charge in [0, 0.05) is 11.6 Å². The van der Waals surface area contributed by atoms with Gasteiger partial charge in [-0.1, -0.05) is 5.92 Å². The highest BCUT2D eigenvalue weighted by molar-refractivity contribution is 5.93. The maximum atomic E-state index is 13.3. The van der Waals surface area contributed by atoms with E-state index in [0.29, 0.717) is 5.52 Å². The Kier molecular flexibility index (Phi) is 3.85. The second-order valence-corrected chi connectivity index (χ2v) is 4.09. The van der Waals surface area contributed by atoms with Crippen LogP contribution in [0.2, 0.25) is 0 Å². The average molecular weight is 273 g/mol. The second kappa shape index (κ2) is 5.57. The molecule has 2 rings (SSSR count). The maximum absolute atomic E-state index is 13.3. The minimum atomic E-state index is -0.713. The topological polar surface area (TPSA) is 48.3 Å². The molecule has 0 radical (unpaired) electrons. The first-order valence-corrected chi connectivity index (χ1v) is 6.01. The lowest BCUT2D eigenvalue weighted by atomic mass is 10.1. The maximum Gasteiger partial charge on any atom is 0.343 e. The van der Waals surface area contributed by atoms with Gasteiger partial charge in [-0.3, -0.25) is 4.79 Å². The summed E-state index contributed by atoms with van der Waals surface area (Å²) in [5.74, 6) is 1.21. The van der Waals surface area contributed by atoms with E-state index in [1.54, 1.807) is 6.92 Å². The van der Waals surface area contributed by atoms with Crippen LogP contribution in [0, 0.1) is 18.2 Å². The van der Waals surface area contributed by atoms with E-state index in [4.69, 9.17) is 11.2 Å². The largest absolute Gasteiger partial charge is 0.462 e. The molecular weight excluding hydrogens is 261 g/mol. The minimum Gasteiger partial charge on any atom is -0.462 e. The van der Waals surface area contributed by atoms with E-state index in [1.807, 2.05) is 0 Å². The number of halogens is 1. The summed E-state index contributed by atoms with van der Waals surface area (Å²) in [6.45, 7) is 1.93. The Hall–Kier alpha value is -2.61. The van der Waals surface area contributed by atoms with Crippen LogP contribution in [-0.4, -0.2) is 17.1 Å². The Bertz CT molecular complexity index is 771. The number of nitrogens with zero attached hydrogens (tertiary/aromatic N) is 1. The Morgan fingerprint density at radius 2 is 2.25 bits per heavy atom. The van der Waals surface area contributed by atoms with Gasteiger partial charge in [0.25, 0.3) is 0 Å². The van der Waals surface area contributed by atoms with Crippen LogP contribution in [0.4, 0.5) is 4.39 Å².